The van der Waals surface area contributed by atoms with E-state index in [1.807, 2.05) is 0 Å². The minimum Gasteiger partial charge on any atom is -0.328 e. The third-order valence-electron chi connectivity index (χ3n) is 4.97. The predicted octanol–water partition coefficient (Wildman–Crippen LogP) is 6.91. The number of imidazole rings is 1. The van der Waals surface area contributed by atoms with Crippen LogP contribution in [0.2, 0.25) is 0 Å². The molecule has 1 aromatic heterocycles. The second-order valence-electron chi connectivity index (χ2n) is 7.10. The first-order chi connectivity index (χ1) is 11.9. The molecule has 2 rings (SSSR count). The maximum Gasteiger partial charge on any atom is 0.109 e. The highest BCUT2D eigenvalue weighted by Crippen LogP contribution is 2.19. The Labute approximate surface area is 148 Å². The predicted molar refractivity (Wildman–Crippen MR) is 106 cm³/mol. The number of aromatic nitrogens is 2. The highest BCUT2D eigenvalue weighted by molar-refractivity contribution is 5.75. The second-order valence-corrected chi connectivity index (χ2v) is 7.10. The van der Waals surface area contributed by atoms with Gasteiger partial charge in [-0.05, 0) is 25.0 Å². The summed E-state index contributed by atoms with van der Waals surface area (Å²) in [4.78, 5) is 4.90. The van der Waals surface area contributed by atoms with E-state index >= 15 is 0 Å². The lowest BCUT2D eigenvalue weighted by Gasteiger charge is -2.09. The van der Waals surface area contributed by atoms with E-state index in [0.29, 0.717) is 0 Å². The fraction of sp³-hybridized carbons (Fsp3) is 0.682. The molecule has 2 heteroatoms. The molecule has 0 amide bonds. The molecule has 1 aromatic carbocycles. The van der Waals surface area contributed by atoms with Gasteiger partial charge in [0, 0.05) is 13.0 Å². The van der Waals surface area contributed by atoms with Crippen molar-refractivity contribution in [2.24, 2.45) is 0 Å². The highest BCUT2D eigenvalue weighted by Gasteiger charge is 2.09. The molecule has 2 aromatic rings. The minimum atomic E-state index is 1.12. The fourth-order valence-corrected chi connectivity index (χ4v) is 3.50. The maximum absolute atomic E-state index is 4.90. The smallest absolute Gasteiger partial charge is 0.109 e. The van der Waals surface area contributed by atoms with Crippen LogP contribution in [-0.4, -0.2) is 9.55 Å². The Morgan fingerprint density at radius 3 is 2.12 bits per heavy atom. The first kappa shape index (κ1) is 19.0. The van der Waals surface area contributed by atoms with Crippen molar-refractivity contribution in [3.63, 3.8) is 0 Å². The molecule has 0 spiro atoms. The molecule has 0 saturated carbocycles. The Hall–Kier alpha value is -1.31. The van der Waals surface area contributed by atoms with Crippen molar-refractivity contribution in [2.45, 2.75) is 97.4 Å². The quantitative estimate of drug-likeness (QED) is 0.365. The lowest BCUT2D eigenvalue weighted by Crippen LogP contribution is -2.04. The Morgan fingerprint density at radius 2 is 1.38 bits per heavy atom. The molecule has 134 valence electrons. The largest absolute Gasteiger partial charge is 0.328 e. The van der Waals surface area contributed by atoms with Gasteiger partial charge in [0.1, 0.15) is 5.82 Å². The molecule has 0 N–H and O–H groups in total. The summed E-state index contributed by atoms with van der Waals surface area (Å²) in [5.74, 6) is 1.30. The van der Waals surface area contributed by atoms with Gasteiger partial charge in [-0.15, -0.1) is 0 Å². The van der Waals surface area contributed by atoms with Gasteiger partial charge < -0.3 is 4.57 Å². The molecule has 0 bridgehead atoms. The number of aryl methyl sites for hydroxylation is 2. The summed E-state index contributed by atoms with van der Waals surface area (Å²) in [6.45, 7) is 5.69. The molecular formula is C22H36N2. The second kappa shape index (κ2) is 11.3. The minimum absolute atomic E-state index is 1.12. The summed E-state index contributed by atoms with van der Waals surface area (Å²) in [6.07, 6.45) is 16.0. The number of hydrogen-bond acceptors (Lipinski definition) is 1. The van der Waals surface area contributed by atoms with Gasteiger partial charge >= 0.3 is 0 Å². The third kappa shape index (κ3) is 5.96. The normalized spacial score (nSPS) is 11.4. The van der Waals surface area contributed by atoms with Gasteiger partial charge in [-0.1, -0.05) is 83.8 Å². The first-order valence-electron chi connectivity index (χ1n) is 10.3. The van der Waals surface area contributed by atoms with E-state index in [2.05, 4.69) is 42.7 Å². The highest BCUT2D eigenvalue weighted by atomic mass is 15.1. The molecule has 0 fully saturated rings. The summed E-state index contributed by atoms with van der Waals surface area (Å²) in [5.41, 5.74) is 2.50. The van der Waals surface area contributed by atoms with Crippen LogP contribution < -0.4 is 0 Å². The summed E-state index contributed by atoms with van der Waals surface area (Å²) in [7, 11) is 0. The van der Waals surface area contributed by atoms with Gasteiger partial charge in [-0.25, -0.2) is 4.98 Å². The standard InChI is InChI=1S/C22H36N2/c1-3-5-7-8-9-10-11-15-19-24-21-17-14-13-16-20(21)23-22(24)18-12-6-4-2/h13-14,16-17H,3-12,15,18-19H2,1-2H3. The van der Waals surface area contributed by atoms with Gasteiger partial charge in [-0.3, -0.25) is 0 Å². The lowest BCUT2D eigenvalue weighted by atomic mass is 10.1. The van der Waals surface area contributed by atoms with Gasteiger partial charge in [0.2, 0.25) is 0 Å². The number of rotatable bonds is 13. The van der Waals surface area contributed by atoms with E-state index in [9.17, 15) is 0 Å². The van der Waals surface area contributed by atoms with Crippen molar-refractivity contribution < 1.29 is 0 Å². The van der Waals surface area contributed by atoms with Gasteiger partial charge in [-0.2, -0.15) is 0 Å². The van der Waals surface area contributed by atoms with Crippen LogP contribution in [0.4, 0.5) is 0 Å². The molecule has 0 aliphatic rings. The van der Waals surface area contributed by atoms with Crippen LogP contribution in [0, 0.1) is 0 Å². The number of nitrogens with zero attached hydrogens (tertiary/aromatic N) is 2. The molecular weight excluding hydrogens is 292 g/mol. The van der Waals surface area contributed by atoms with Crippen molar-refractivity contribution in [3.05, 3.63) is 30.1 Å². The molecule has 0 saturated heterocycles. The Kier molecular flexibility index (Phi) is 8.94. The topological polar surface area (TPSA) is 17.8 Å². The number of para-hydroxylation sites is 2. The van der Waals surface area contributed by atoms with Crippen molar-refractivity contribution in [1.29, 1.82) is 0 Å². The summed E-state index contributed by atoms with van der Waals surface area (Å²) in [5, 5.41) is 0. The van der Waals surface area contributed by atoms with Crippen molar-refractivity contribution >= 4 is 11.0 Å². The van der Waals surface area contributed by atoms with Crippen LogP contribution in [0.5, 0.6) is 0 Å². The Bertz CT molecular complexity index is 570. The Balaban J connectivity index is 1.83. The van der Waals surface area contributed by atoms with Crippen LogP contribution in [-0.2, 0) is 13.0 Å². The number of hydrogen-bond donors (Lipinski definition) is 0. The molecule has 2 nitrogen and oxygen atoms in total. The average molecular weight is 329 g/mol. The van der Waals surface area contributed by atoms with Gasteiger partial charge in [0.05, 0.1) is 11.0 Å². The Morgan fingerprint density at radius 1 is 0.750 bits per heavy atom. The zero-order valence-electron chi connectivity index (χ0n) is 15.9. The molecule has 0 atom stereocenters. The number of benzene rings is 1. The fourth-order valence-electron chi connectivity index (χ4n) is 3.50. The molecule has 1 heterocycles. The molecule has 0 radical (unpaired) electrons. The molecule has 0 aliphatic carbocycles. The van der Waals surface area contributed by atoms with E-state index in [-0.39, 0.29) is 0 Å². The number of unbranched alkanes of at least 4 members (excludes halogenated alkanes) is 9. The van der Waals surface area contributed by atoms with Crippen molar-refractivity contribution in [2.75, 3.05) is 0 Å². The van der Waals surface area contributed by atoms with E-state index in [0.717, 1.165) is 13.0 Å². The van der Waals surface area contributed by atoms with E-state index in [1.54, 1.807) is 0 Å². The van der Waals surface area contributed by atoms with Gasteiger partial charge in [0.25, 0.3) is 0 Å². The van der Waals surface area contributed by atoms with Crippen LogP contribution in [0.3, 0.4) is 0 Å². The molecule has 0 aliphatic heterocycles. The van der Waals surface area contributed by atoms with E-state index in [1.165, 1.54) is 87.5 Å². The monoisotopic (exact) mass is 328 g/mol. The molecule has 24 heavy (non-hydrogen) atoms. The first-order valence-corrected chi connectivity index (χ1v) is 10.3. The SMILES string of the molecule is CCCCCCCCCCn1c(CCCCC)nc2ccccc21. The number of fused-ring (bicyclic) bond motifs is 1. The van der Waals surface area contributed by atoms with E-state index < -0.39 is 0 Å². The summed E-state index contributed by atoms with van der Waals surface area (Å²) >= 11 is 0. The zero-order chi connectivity index (χ0) is 17.0. The zero-order valence-corrected chi connectivity index (χ0v) is 15.9. The third-order valence-corrected chi connectivity index (χ3v) is 4.97. The summed E-state index contributed by atoms with van der Waals surface area (Å²) < 4.78 is 2.49. The molecule has 0 unspecified atom stereocenters. The van der Waals surface area contributed by atoms with E-state index in [4.69, 9.17) is 4.98 Å². The van der Waals surface area contributed by atoms with Crippen LogP contribution in [0.1, 0.15) is 90.3 Å². The van der Waals surface area contributed by atoms with Crippen LogP contribution >= 0.6 is 0 Å². The van der Waals surface area contributed by atoms with Crippen LogP contribution in [0.25, 0.3) is 11.0 Å². The van der Waals surface area contributed by atoms with Crippen molar-refractivity contribution in [3.8, 4) is 0 Å². The average Bonchev–Trinajstić information content (AvgIpc) is 2.95. The van der Waals surface area contributed by atoms with Crippen molar-refractivity contribution in [1.82, 2.24) is 9.55 Å². The van der Waals surface area contributed by atoms with Crippen LogP contribution in [0.15, 0.2) is 24.3 Å². The lowest BCUT2D eigenvalue weighted by molar-refractivity contribution is 0.537. The van der Waals surface area contributed by atoms with Gasteiger partial charge in [0.15, 0.2) is 0 Å². The maximum atomic E-state index is 4.90. The summed E-state index contributed by atoms with van der Waals surface area (Å²) in [6, 6.07) is 8.63.